The van der Waals surface area contributed by atoms with Crippen LogP contribution in [0.5, 0.6) is 11.5 Å². The van der Waals surface area contributed by atoms with Gasteiger partial charge in [-0.25, -0.2) is 4.98 Å². The number of amides is 2. The van der Waals surface area contributed by atoms with Gasteiger partial charge in [-0.2, -0.15) is 0 Å². The zero-order chi connectivity index (χ0) is 21.9. The van der Waals surface area contributed by atoms with Crippen molar-refractivity contribution < 1.29 is 19.1 Å². The quantitative estimate of drug-likeness (QED) is 0.509. The summed E-state index contributed by atoms with van der Waals surface area (Å²) in [4.78, 5) is 31.8. The maximum absolute atomic E-state index is 13.4. The summed E-state index contributed by atoms with van der Waals surface area (Å²) in [7, 11) is 3.07. The number of thiazole rings is 1. The van der Waals surface area contributed by atoms with Crippen molar-refractivity contribution in [2.24, 2.45) is 0 Å². The van der Waals surface area contributed by atoms with Crippen LogP contribution in [-0.2, 0) is 6.54 Å². The van der Waals surface area contributed by atoms with E-state index in [1.807, 2.05) is 0 Å². The van der Waals surface area contributed by atoms with Crippen molar-refractivity contribution >= 4 is 23.2 Å². The summed E-state index contributed by atoms with van der Waals surface area (Å²) in [5.41, 5.74) is 0.788. The maximum Gasteiger partial charge on any atom is 0.270 e. The molecule has 8 heteroatoms. The fourth-order valence-electron chi connectivity index (χ4n) is 2.94. The molecular weight excluding hydrogens is 402 g/mol. The number of hydrogen-bond donors (Lipinski definition) is 1. The van der Waals surface area contributed by atoms with Gasteiger partial charge in [0.1, 0.15) is 27.8 Å². The molecule has 0 saturated heterocycles. The molecule has 7 nitrogen and oxygen atoms in total. The minimum absolute atomic E-state index is 0.177. The number of benzene rings is 1. The predicted octanol–water partition coefficient (Wildman–Crippen LogP) is 4.13. The molecule has 0 aliphatic rings. The maximum atomic E-state index is 13.4. The van der Waals surface area contributed by atoms with E-state index in [2.05, 4.69) is 24.1 Å². The molecule has 0 bridgehead atoms. The van der Waals surface area contributed by atoms with Gasteiger partial charge in [-0.1, -0.05) is 32.8 Å². The second kappa shape index (κ2) is 12.2. The zero-order valence-corrected chi connectivity index (χ0v) is 19.0. The summed E-state index contributed by atoms with van der Waals surface area (Å²) in [6.45, 7) is 5.69. The number of nitrogens with zero attached hydrogens (tertiary/aromatic N) is 2. The van der Waals surface area contributed by atoms with Crippen molar-refractivity contribution in [3.8, 4) is 11.5 Å². The first kappa shape index (κ1) is 23.7. The summed E-state index contributed by atoms with van der Waals surface area (Å²) in [5, 5.41) is 5.33. The van der Waals surface area contributed by atoms with Crippen LogP contribution in [0.1, 0.15) is 65.4 Å². The van der Waals surface area contributed by atoms with E-state index in [9.17, 15) is 9.59 Å². The van der Waals surface area contributed by atoms with E-state index in [1.54, 1.807) is 28.5 Å². The highest BCUT2D eigenvalue weighted by atomic mass is 32.1. The van der Waals surface area contributed by atoms with Crippen LogP contribution < -0.4 is 14.8 Å². The molecule has 164 valence electrons. The normalized spacial score (nSPS) is 10.5. The van der Waals surface area contributed by atoms with Crippen molar-refractivity contribution in [2.75, 3.05) is 27.3 Å². The number of nitrogens with one attached hydrogen (secondary N) is 1. The van der Waals surface area contributed by atoms with Gasteiger partial charge in [0.2, 0.25) is 0 Å². The third-order valence-corrected chi connectivity index (χ3v) is 5.47. The number of rotatable bonds is 12. The largest absolute Gasteiger partial charge is 0.496 e. The van der Waals surface area contributed by atoms with Gasteiger partial charge in [0.05, 0.1) is 20.8 Å². The number of aromatic nitrogens is 1. The first-order valence-corrected chi connectivity index (χ1v) is 11.2. The zero-order valence-electron chi connectivity index (χ0n) is 18.2. The molecule has 0 radical (unpaired) electrons. The monoisotopic (exact) mass is 433 g/mol. The van der Waals surface area contributed by atoms with Crippen LogP contribution in [0.3, 0.4) is 0 Å². The number of methoxy groups -OCH3 is 2. The molecule has 0 unspecified atom stereocenters. The average Bonchev–Trinajstić information content (AvgIpc) is 3.24. The summed E-state index contributed by atoms with van der Waals surface area (Å²) in [6.07, 6.45) is 3.76. The summed E-state index contributed by atoms with van der Waals surface area (Å²) in [5.74, 6) is 0.581. The molecular formula is C22H31N3O4S. The van der Waals surface area contributed by atoms with Crippen molar-refractivity contribution in [3.05, 3.63) is 39.8 Å². The van der Waals surface area contributed by atoms with Crippen LogP contribution >= 0.6 is 11.3 Å². The van der Waals surface area contributed by atoms with E-state index in [4.69, 9.17) is 9.47 Å². The van der Waals surface area contributed by atoms with Gasteiger partial charge in [-0.15, -0.1) is 11.3 Å². The second-order valence-corrected chi connectivity index (χ2v) is 7.80. The molecule has 0 aliphatic heterocycles. The second-order valence-electron chi connectivity index (χ2n) is 6.85. The molecule has 0 atom stereocenters. The smallest absolute Gasteiger partial charge is 0.270 e. The molecule has 2 amide bonds. The lowest BCUT2D eigenvalue weighted by molar-refractivity contribution is 0.0733. The topological polar surface area (TPSA) is 80.8 Å². The van der Waals surface area contributed by atoms with Gasteiger partial charge in [0, 0.05) is 18.5 Å². The molecule has 0 saturated carbocycles. The van der Waals surface area contributed by atoms with E-state index in [-0.39, 0.29) is 11.8 Å². The highest BCUT2D eigenvalue weighted by Gasteiger charge is 2.25. The Morgan fingerprint density at radius 2 is 1.77 bits per heavy atom. The fourth-order valence-corrected chi connectivity index (χ4v) is 3.73. The highest BCUT2D eigenvalue weighted by Crippen LogP contribution is 2.30. The third kappa shape index (κ3) is 6.19. The standard InChI is InChI=1S/C22H31N3O4S/c1-5-7-12-23-21(26)16-15-30-19(24-16)14-25(13-8-6-2)22(27)20-17(28-3)10-9-11-18(20)29-4/h9-11,15H,5-8,12-14H2,1-4H3,(H,23,26). The van der Waals surface area contributed by atoms with Gasteiger partial charge >= 0.3 is 0 Å². The highest BCUT2D eigenvalue weighted by molar-refractivity contribution is 7.09. The Morgan fingerprint density at radius 1 is 1.10 bits per heavy atom. The van der Waals surface area contributed by atoms with E-state index in [1.165, 1.54) is 25.6 Å². The summed E-state index contributed by atoms with van der Waals surface area (Å²) in [6, 6.07) is 5.28. The first-order valence-electron chi connectivity index (χ1n) is 10.3. The molecule has 1 aromatic carbocycles. The molecule has 1 aromatic heterocycles. The lowest BCUT2D eigenvalue weighted by Crippen LogP contribution is -2.32. The van der Waals surface area contributed by atoms with Gasteiger partial charge < -0.3 is 19.7 Å². The van der Waals surface area contributed by atoms with E-state index in [0.29, 0.717) is 47.4 Å². The van der Waals surface area contributed by atoms with E-state index >= 15 is 0 Å². The van der Waals surface area contributed by atoms with Gasteiger partial charge in [-0.3, -0.25) is 9.59 Å². The molecule has 1 N–H and O–H groups in total. The Hall–Kier alpha value is -2.61. The van der Waals surface area contributed by atoms with Crippen molar-refractivity contribution in [1.29, 1.82) is 0 Å². The molecule has 30 heavy (non-hydrogen) atoms. The van der Waals surface area contributed by atoms with Crippen LogP contribution in [0.2, 0.25) is 0 Å². The van der Waals surface area contributed by atoms with Crippen molar-refractivity contribution in [3.63, 3.8) is 0 Å². The number of hydrogen-bond acceptors (Lipinski definition) is 6. The van der Waals surface area contributed by atoms with Gasteiger partial charge in [-0.05, 0) is 25.0 Å². The predicted molar refractivity (Wildman–Crippen MR) is 119 cm³/mol. The van der Waals surface area contributed by atoms with Crippen LogP contribution in [0.4, 0.5) is 0 Å². The molecule has 0 fully saturated rings. The number of unbranched alkanes of at least 4 members (excludes halogenated alkanes) is 2. The minimum atomic E-state index is -0.179. The number of carbonyl (C=O) groups is 2. The average molecular weight is 434 g/mol. The summed E-state index contributed by atoms with van der Waals surface area (Å²) >= 11 is 1.38. The Labute approximate surface area is 182 Å². The Kier molecular flexibility index (Phi) is 9.60. The number of carbonyl (C=O) groups excluding carboxylic acids is 2. The lowest BCUT2D eigenvalue weighted by atomic mass is 10.1. The van der Waals surface area contributed by atoms with Crippen LogP contribution in [0, 0.1) is 0 Å². The Balaban J connectivity index is 2.21. The van der Waals surface area contributed by atoms with Crippen molar-refractivity contribution in [1.82, 2.24) is 15.2 Å². The van der Waals surface area contributed by atoms with Gasteiger partial charge in [0.15, 0.2) is 0 Å². The van der Waals surface area contributed by atoms with Crippen LogP contribution in [-0.4, -0.2) is 49.0 Å². The fraction of sp³-hybridized carbons (Fsp3) is 0.500. The molecule has 2 aromatic rings. The lowest BCUT2D eigenvalue weighted by Gasteiger charge is -2.23. The molecule has 1 heterocycles. The SMILES string of the molecule is CCCCNC(=O)c1csc(CN(CCCC)C(=O)c2c(OC)cccc2OC)n1. The van der Waals surface area contributed by atoms with Crippen molar-refractivity contribution in [2.45, 2.75) is 46.1 Å². The van der Waals surface area contributed by atoms with E-state index < -0.39 is 0 Å². The molecule has 2 rings (SSSR count). The molecule has 0 spiro atoms. The number of ether oxygens (including phenoxy) is 2. The minimum Gasteiger partial charge on any atom is -0.496 e. The van der Waals surface area contributed by atoms with Crippen LogP contribution in [0.25, 0.3) is 0 Å². The first-order chi connectivity index (χ1) is 14.5. The van der Waals surface area contributed by atoms with E-state index in [0.717, 1.165) is 25.7 Å². The molecule has 0 aliphatic carbocycles. The van der Waals surface area contributed by atoms with Gasteiger partial charge in [0.25, 0.3) is 11.8 Å². The summed E-state index contributed by atoms with van der Waals surface area (Å²) < 4.78 is 10.8. The van der Waals surface area contributed by atoms with Crippen LogP contribution in [0.15, 0.2) is 23.6 Å². The Bertz CT molecular complexity index is 815. The Morgan fingerprint density at radius 3 is 2.37 bits per heavy atom. The third-order valence-electron chi connectivity index (χ3n) is 4.64.